The van der Waals surface area contributed by atoms with Crippen molar-refractivity contribution in [2.45, 2.75) is 19.9 Å². The molecule has 2 rings (SSSR count). The Kier molecular flexibility index (Phi) is 4.90. The largest absolute Gasteiger partial charge is 0.389 e. The molecular weight excluding hydrogens is 342 g/mol. The van der Waals surface area contributed by atoms with Crippen LogP contribution in [0.4, 0.5) is 5.69 Å². The average Bonchev–Trinajstić information content (AvgIpc) is 2.84. The van der Waals surface area contributed by atoms with Gasteiger partial charge in [0.15, 0.2) is 0 Å². The van der Waals surface area contributed by atoms with Crippen LogP contribution in [0.25, 0.3) is 0 Å². The van der Waals surface area contributed by atoms with E-state index in [1.54, 1.807) is 11.3 Å². The predicted octanol–water partition coefficient (Wildman–Crippen LogP) is 3.71. The number of hydrogen-bond acceptors (Lipinski definition) is 4. The fourth-order valence-electron chi connectivity index (χ4n) is 1.60. The lowest BCUT2D eigenvalue weighted by molar-refractivity contribution is 1.09. The first kappa shape index (κ1) is 14.4. The van der Waals surface area contributed by atoms with Crippen LogP contribution in [0.2, 0.25) is 0 Å². The van der Waals surface area contributed by atoms with Crippen LogP contribution < -0.4 is 11.1 Å². The number of hydrogen-bond donors (Lipinski definition) is 2. The van der Waals surface area contributed by atoms with Crippen LogP contribution >= 0.6 is 39.5 Å². The van der Waals surface area contributed by atoms with Crippen LogP contribution in [-0.4, -0.2) is 9.97 Å². The molecule has 0 unspecified atom stereocenters. The molecule has 0 fully saturated rings. The molecule has 1 aromatic carbocycles. The maximum absolute atomic E-state index is 5.62. The van der Waals surface area contributed by atoms with E-state index in [0.29, 0.717) is 4.99 Å². The van der Waals surface area contributed by atoms with Crippen molar-refractivity contribution in [1.29, 1.82) is 0 Å². The van der Waals surface area contributed by atoms with Crippen molar-refractivity contribution in [1.82, 2.24) is 4.98 Å². The third-order valence-electron chi connectivity index (χ3n) is 2.63. The zero-order valence-corrected chi connectivity index (χ0v) is 13.7. The molecule has 0 saturated heterocycles. The molecule has 0 aliphatic heterocycles. The first-order valence-corrected chi connectivity index (χ1v) is 7.88. The summed E-state index contributed by atoms with van der Waals surface area (Å²) in [5.41, 5.74) is 7.48. The average molecular weight is 356 g/mol. The van der Waals surface area contributed by atoms with Gasteiger partial charge in [0.1, 0.15) is 10.00 Å². The number of thiocarbonyl (C=S) groups is 1. The van der Waals surface area contributed by atoms with Gasteiger partial charge in [-0.25, -0.2) is 4.98 Å². The Morgan fingerprint density at radius 3 is 2.89 bits per heavy atom. The van der Waals surface area contributed by atoms with Gasteiger partial charge in [-0.3, -0.25) is 0 Å². The highest BCUT2D eigenvalue weighted by atomic mass is 79.9. The number of nitrogens with two attached hydrogens (primary N) is 1. The second kappa shape index (κ2) is 6.45. The van der Waals surface area contributed by atoms with E-state index in [-0.39, 0.29) is 0 Å². The second-order valence-corrected chi connectivity index (χ2v) is 6.48. The molecule has 3 N–H and O–H groups in total. The number of aryl methyl sites for hydroxylation is 1. The first-order chi connectivity index (χ1) is 9.10. The Bertz CT molecular complexity index is 595. The Morgan fingerprint density at radius 2 is 2.32 bits per heavy atom. The lowest BCUT2D eigenvalue weighted by atomic mass is 10.2. The number of nitrogens with one attached hydrogen (secondary N) is 1. The summed E-state index contributed by atoms with van der Waals surface area (Å²) in [4.78, 5) is 6.08. The minimum atomic E-state index is 0.394. The number of halogens is 1. The molecule has 0 aliphatic rings. The molecule has 1 heterocycles. The first-order valence-electron chi connectivity index (χ1n) is 5.87. The zero-order valence-electron chi connectivity index (χ0n) is 10.4. The fourth-order valence-corrected chi connectivity index (χ4v) is 3.30. The number of rotatable bonds is 5. The molecule has 0 spiro atoms. The summed E-state index contributed by atoms with van der Waals surface area (Å²) in [6.07, 6.45) is 2.97. The summed E-state index contributed by atoms with van der Waals surface area (Å²) in [5, 5.41) is 4.43. The number of benzene rings is 1. The van der Waals surface area contributed by atoms with E-state index in [4.69, 9.17) is 18.0 Å². The number of thiazole rings is 1. The maximum Gasteiger partial charge on any atom is 0.112 e. The number of nitrogens with zero attached hydrogens (tertiary/aromatic N) is 1. The normalized spacial score (nSPS) is 10.4. The van der Waals surface area contributed by atoms with E-state index in [1.807, 2.05) is 24.4 Å². The molecule has 1 aromatic heterocycles. The van der Waals surface area contributed by atoms with Crippen LogP contribution in [0.15, 0.2) is 28.9 Å². The third kappa shape index (κ3) is 3.75. The van der Waals surface area contributed by atoms with Gasteiger partial charge in [-0.1, -0.05) is 19.1 Å². The monoisotopic (exact) mass is 355 g/mol. The standard InChI is InChI=1S/C13H14BrN3S2/c1-2-9-6-17-12(19-9)7-16-8-3-4-10(13(15)18)11(14)5-8/h3-6,16H,2,7H2,1H3,(H2,15,18). The van der Waals surface area contributed by atoms with Gasteiger partial charge >= 0.3 is 0 Å². The lowest BCUT2D eigenvalue weighted by Crippen LogP contribution is -2.10. The molecule has 6 heteroatoms. The van der Waals surface area contributed by atoms with Gasteiger partial charge in [0.25, 0.3) is 0 Å². The molecule has 0 radical (unpaired) electrons. The Labute approximate surface area is 130 Å². The van der Waals surface area contributed by atoms with Gasteiger partial charge in [0.2, 0.25) is 0 Å². The van der Waals surface area contributed by atoms with E-state index >= 15 is 0 Å². The highest BCUT2D eigenvalue weighted by molar-refractivity contribution is 9.10. The van der Waals surface area contributed by atoms with Gasteiger partial charge in [-0.2, -0.15) is 0 Å². The Balaban J connectivity index is 2.03. The summed E-state index contributed by atoms with van der Waals surface area (Å²) in [6, 6.07) is 5.85. The van der Waals surface area contributed by atoms with Crippen molar-refractivity contribution in [3.8, 4) is 0 Å². The van der Waals surface area contributed by atoms with E-state index < -0.39 is 0 Å². The van der Waals surface area contributed by atoms with Crippen molar-refractivity contribution in [3.63, 3.8) is 0 Å². The fraction of sp³-hybridized carbons (Fsp3) is 0.231. The molecule has 0 atom stereocenters. The van der Waals surface area contributed by atoms with Crippen LogP contribution in [0.1, 0.15) is 22.4 Å². The molecular formula is C13H14BrN3S2. The summed E-state index contributed by atoms with van der Waals surface area (Å²) in [7, 11) is 0. The van der Waals surface area contributed by atoms with Crippen molar-refractivity contribution in [3.05, 3.63) is 44.3 Å². The summed E-state index contributed by atoms with van der Waals surface area (Å²) in [6.45, 7) is 2.86. The minimum absolute atomic E-state index is 0.394. The number of anilines is 1. The maximum atomic E-state index is 5.62. The van der Waals surface area contributed by atoms with Crippen molar-refractivity contribution >= 4 is 50.2 Å². The summed E-state index contributed by atoms with van der Waals surface area (Å²) >= 11 is 10.2. The third-order valence-corrected chi connectivity index (χ3v) is 4.65. The highest BCUT2D eigenvalue weighted by Crippen LogP contribution is 2.22. The smallest absolute Gasteiger partial charge is 0.112 e. The van der Waals surface area contributed by atoms with Crippen molar-refractivity contribution in [2.24, 2.45) is 5.73 Å². The topological polar surface area (TPSA) is 50.9 Å². The second-order valence-electron chi connectivity index (χ2n) is 3.99. The highest BCUT2D eigenvalue weighted by Gasteiger charge is 2.05. The van der Waals surface area contributed by atoms with Gasteiger partial charge in [-0.05, 0) is 40.5 Å². The van der Waals surface area contributed by atoms with Gasteiger partial charge in [0, 0.05) is 26.8 Å². The lowest BCUT2D eigenvalue weighted by Gasteiger charge is -2.07. The van der Waals surface area contributed by atoms with E-state index in [1.165, 1.54) is 4.88 Å². The SMILES string of the molecule is CCc1cnc(CNc2ccc(C(N)=S)c(Br)c2)s1. The molecule has 19 heavy (non-hydrogen) atoms. The Morgan fingerprint density at radius 1 is 1.53 bits per heavy atom. The minimum Gasteiger partial charge on any atom is -0.389 e. The zero-order chi connectivity index (χ0) is 13.8. The molecule has 2 aromatic rings. The Hall–Kier alpha value is -0.980. The van der Waals surface area contributed by atoms with E-state index in [2.05, 4.69) is 33.2 Å². The predicted molar refractivity (Wildman–Crippen MR) is 88.8 cm³/mol. The van der Waals surface area contributed by atoms with Crippen LogP contribution in [0.5, 0.6) is 0 Å². The van der Waals surface area contributed by atoms with E-state index in [0.717, 1.165) is 33.7 Å². The van der Waals surface area contributed by atoms with Crippen LogP contribution in [0, 0.1) is 0 Å². The van der Waals surface area contributed by atoms with Crippen molar-refractivity contribution < 1.29 is 0 Å². The molecule has 100 valence electrons. The molecule has 0 aliphatic carbocycles. The van der Waals surface area contributed by atoms with Gasteiger partial charge < -0.3 is 11.1 Å². The van der Waals surface area contributed by atoms with Crippen LogP contribution in [-0.2, 0) is 13.0 Å². The van der Waals surface area contributed by atoms with Crippen LogP contribution in [0.3, 0.4) is 0 Å². The summed E-state index contributed by atoms with van der Waals surface area (Å²) < 4.78 is 0.901. The molecule has 3 nitrogen and oxygen atoms in total. The quantitative estimate of drug-likeness (QED) is 0.802. The molecule has 0 bridgehead atoms. The van der Waals surface area contributed by atoms with E-state index in [9.17, 15) is 0 Å². The van der Waals surface area contributed by atoms with Crippen molar-refractivity contribution in [2.75, 3.05) is 5.32 Å². The number of aromatic nitrogens is 1. The van der Waals surface area contributed by atoms with Gasteiger partial charge in [-0.15, -0.1) is 11.3 Å². The summed E-state index contributed by atoms with van der Waals surface area (Å²) in [5.74, 6) is 0. The molecule has 0 saturated carbocycles. The van der Waals surface area contributed by atoms with Gasteiger partial charge in [0.05, 0.1) is 6.54 Å². The molecule has 0 amide bonds.